The molecule has 0 bridgehead atoms. The molecule has 2 aliphatic heterocycles. The first-order valence-electron chi connectivity index (χ1n) is 5.31. The lowest BCUT2D eigenvalue weighted by molar-refractivity contribution is -0.138. The van der Waals surface area contributed by atoms with Crippen LogP contribution >= 0.6 is 23.4 Å². The number of aliphatic imine (C=N–C) groups is 1. The lowest BCUT2D eigenvalue weighted by atomic mass is 9.91. The van der Waals surface area contributed by atoms with Crippen LogP contribution in [0.3, 0.4) is 0 Å². The van der Waals surface area contributed by atoms with Crippen LogP contribution in [0, 0.1) is 0 Å². The zero-order valence-corrected chi connectivity index (χ0v) is 11.0. The smallest absolute Gasteiger partial charge is 0.265 e. The summed E-state index contributed by atoms with van der Waals surface area (Å²) in [4.78, 5) is 27.3. The SMILES string of the molecule is NC1=NC(=O)[C@H]([C@@]2(O)C(=O)Nc3ccc(Cl)cc32)S1. The standard InChI is InChI=1S/C11H8ClN3O3S/c12-4-1-2-6-5(3-4)11(18,9(17)14-6)7-8(16)15-10(13)19-7/h1-3,7,18H,(H,14,17)(H2,13,15,16)/t7-,11-/m1/s1. The maximum absolute atomic E-state index is 12.0. The van der Waals surface area contributed by atoms with Gasteiger partial charge >= 0.3 is 0 Å². The highest BCUT2D eigenvalue weighted by atomic mass is 35.5. The predicted molar refractivity (Wildman–Crippen MR) is 72.0 cm³/mol. The van der Waals surface area contributed by atoms with E-state index in [4.69, 9.17) is 17.3 Å². The molecule has 2 aliphatic rings. The zero-order chi connectivity index (χ0) is 13.8. The van der Waals surface area contributed by atoms with Gasteiger partial charge in [-0.05, 0) is 18.2 Å². The number of benzene rings is 1. The summed E-state index contributed by atoms with van der Waals surface area (Å²) in [6.07, 6.45) is 0. The van der Waals surface area contributed by atoms with Gasteiger partial charge in [-0.15, -0.1) is 0 Å². The monoisotopic (exact) mass is 297 g/mol. The summed E-state index contributed by atoms with van der Waals surface area (Å²) < 4.78 is 0. The number of nitrogens with one attached hydrogen (secondary N) is 1. The van der Waals surface area contributed by atoms with E-state index in [1.54, 1.807) is 12.1 Å². The molecule has 98 valence electrons. The number of carbonyl (C=O) groups excluding carboxylic acids is 2. The number of halogens is 1. The van der Waals surface area contributed by atoms with Gasteiger partial charge in [-0.25, -0.2) is 0 Å². The summed E-state index contributed by atoms with van der Waals surface area (Å²) in [5.74, 6) is -1.31. The van der Waals surface area contributed by atoms with Gasteiger partial charge in [0, 0.05) is 16.3 Å². The number of thioether (sulfide) groups is 1. The second-order valence-corrected chi connectivity index (χ2v) is 5.76. The van der Waals surface area contributed by atoms with Crippen molar-refractivity contribution in [2.24, 2.45) is 10.7 Å². The number of fused-ring (bicyclic) bond motifs is 1. The van der Waals surface area contributed by atoms with E-state index in [2.05, 4.69) is 10.3 Å². The normalized spacial score (nSPS) is 29.2. The van der Waals surface area contributed by atoms with Crippen molar-refractivity contribution in [2.75, 3.05) is 5.32 Å². The average Bonchev–Trinajstić information content (AvgIpc) is 2.80. The highest BCUT2D eigenvalue weighted by molar-refractivity contribution is 8.15. The largest absolute Gasteiger partial charge is 0.378 e. The van der Waals surface area contributed by atoms with E-state index in [1.807, 2.05) is 0 Å². The molecule has 4 N–H and O–H groups in total. The predicted octanol–water partition coefficient (Wildman–Crippen LogP) is 0.436. The molecule has 6 nitrogen and oxygen atoms in total. The molecule has 0 saturated heterocycles. The first kappa shape index (κ1) is 12.5. The van der Waals surface area contributed by atoms with Crippen LogP contribution < -0.4 is 11.1 Å². The van der Waals surface area contributed by atoms with E-state index in [9.17, 15) is 14.7 Å². The van der Waals surface area contributed by atoms with Crippen molar-refractivity contribution in [3.05, 3.63) is 28.8 Å². The molecular weight excluding hydrogens is 290 g/mol. The number of carbonyl (C=O) groups is 2. The number of nitrogens with two attached hydrogens (primary N) is 1. The third-order valence-electron chi connectivity index (χ3n) is 3.05. The molecule has 8 heteroatoms. The Morgan fingerprint density at radius 3 is 2.84 bits per heavy atom. The van der Waals surface area contributed by atoms with Crippen molar-refractivity contribution in [2.45, 2.75) is 10.9 Å². The molecule has 0 saturated carbocycles. The summed E-state index contributed by atoms with van der Waals surface area (Å²) in [5.41, 5.74) is 4.14. The minimum Gasteiger partial charge on any atom is -0.378 e. The molecule has 0 aliphatic carbocycles. The van der Waals surface area contributed by atoms with Crippen molar-refractivity contribution in [3.63, 3.8) is 0 Å². The Kier molecular flexibility index (Phi) is 2.60. The van der Waals surface area contributed by atoms with Crippen molar-refractivity contribution < 1.29 is 14.7 Å². The number of hydrogen-bond donors (Lipinski definition) is 3. The van der Waals surface area contributed by atoms with E-state index in [0.29, 0.717) is 10.7 Å². The first-order chi connectivity index (χ1) is 8.92. The van der Waals surface area contributed by atoms with Crippen LogP contribution in [0.4, 0.5) is 5.69 Å². The van der Waals surface area contributed by atoms with Gasteiger partial charge in [0.15, 0.2) is 10.8 Å². The average molecular weight is 298 g/mol. The lowest BCUT2D eigenvalue weighted by Crippen LogP contribution is -2.46. The van der Waals surface area contributed by atoms with E-state index >= 15 is 0 Å². The number of rotatable bonds is 1. The maximum Gasteiger partial charge on any atom is 0.265 e. The molecule has 19 heavy (non-hydrogen) atoms. The number of amidine groups is 1. The molecule has 2 heterocycles. The topological polar surface area (TPSA) is 105 Å². The Morgan fingerprint density at radius 1 is 1.47 bits per heavy atom. The fourth-order valence-electron chi connectivity index (χ4n) is 2.17. The summed E-state index contributed by atoms with van der Waals surface area (Å²) in [6, 6.07) is 4.61. The van der Waals surface area contributed by atoms with Crippen LogP contribution in [0.1, 0.15) is 5.56 Å². The molecular formula is C11H8ClN3O3S. The van der Waals surface area contributed by atoms with E-state index in [-0.39, 0.29) is 10.7 Å². The summed E-state index contributed by atoms with van der Waals surface area (Å²) >= 11 is 6.74. The van der Waals surface area contributed by atoms with E-state index < -0.39 is 22.7 Å². The van der Waals surface area contributed by atoms with Crippen molar-refractivity contribution in [3.8, 4) is 0 Å². The first-order valence-corrected chi connectivity index (χ1v) is 6.57. The van der Waals surface area contributed by atoms with Gasteiger partial charge in [0.05, 0.1) is 0 Å². The van der Waals surface area contributed by atoms with Crippen molar-refractivity contribution in [1.82, 2.24) is 0 Å². The number of nitrogens with zero attached hydrogens (tertiary/aromatic N) is 1. The fourth-order valence-corrected chi connectivity index (χ4v) is 3.28. The highest BCUT2D eigenvalue weighted by Crippen LogP contribution is 2.45. The van der Waals surface area contributed by atoms with Gasteiger partial charge in [0.25, 0.3) is 11.8 Å². The second-order valence-electron chi connectivity index (χ2n) is 4.20. The van der Waals surface area contributed by atoms with Crippen LogP contribution in [0.25, 0.3) is 0 Å². The Labute approximate surface area is 117 Å². The Morgan fingerprint density at radius 2 is 2.21 bits per heavy atom. The third-order valence-corrected chi connectivity index (χ3v) is 4.40. The third kappa shape index (κ3) is 1.66. The summed E-state index contributed by atoms with van der Waals surface area (Å²) in [6.45, 7) is 0. The number of aliphatic hydroxyl groups is 1. The van der Waals surface area contributed by atoms with E-state index in [0.717, 1.165) is 11.8 Å². The Bertz CT molecular complexity index is 648. The van der Waals surface area contributed by atoms with Crippen LogP contribution in [0.2, 0.25) is 5.02 Å². The van der Waals surface area contributed by atoms with Gasteiger partial charge < -0.3 is 16.2 Å². The summed E-state index contributed by atoms with van der Waals surface area (Å²) in [5, 5.41) is 12.5. The zero-order valence-electron chi connectivity index (χ0n) is 9.38. The van der Waals surface area contributed by atoms with Gasteiger partial charge in [-0.2, -0.15) is 4.99 Å². The van der Waals surface area contributed by atoms with Crippen LogP contribution in [-0.4, -0.2) is 27.3 Å². The highest BCUT2D eigenvalue weighted by Gasteiger charge is 2.56. The Balaban J connectivity index is 2.13. The Hall–Kier alpha value is -1.57. The molecule has 0 spiro atoms. The van der Waals surface area contributed by atoms with Gasteiger partial charge in [-0.1, -0.05) is 23.4 Å². The maximum atomic E-state index is 12.0. The van der Waals surface area contributed by atoms with Crippen LogP contribution in [0.15, 0.2) is 23.2 Å². The van der Waals surface area contributed by atoms with Crippen LogP contribution in [0.5, 0.6) is 0 Å². The quantitative estimate of drug-likeness (QED) is 0.697. The molecule has 0 unspecified atom stereocenters. The van der Waals surface area contributed by atoms with E-state index in [1.165, 1.54) is 6.07 Å². The van der Waals surface area contributed by atoms with Gasteiger partial charge in [0.2, 0.25) is 0 Å². The molecule has 0 fully saturated rings. The molecule has 2 atom stereocenters. The number of hydrogen-bond acceptors (Lipinski definition) is 5. The molecule has 1 aromatic carbocycles. The lowest BCUT2D eigenvalue weighted by Gasteiger charge is -2.25. The molecule has 1 aromatic rings. The number of anilines is 1. The van der Waals surface area contributed by atoms with Crippen molar-refractivity contribution in [1.29, 1.82) is 0 Å². The second kappa shape index (κ2) is 3.96. The molecule has 2 amide bonds. The minimum atomic E-state index is -2.01. The summed E-state index contributed by atoms with van der Waals surface area (Å²) in [7, 11) is 0. The molecule has 0 aromatic heterocycles. The fraction of sp³-hybridized carbons (Fsp3) is 0.182. The number of amides is 2. The van der Waals surface area contributed by atoms with Crippen LogP contribution in [-0.2, 0) is 15.2 Å². The van der Waals surface area contributed by atoms with Gasteiger partial charge in [-0.3, -0.25) is 9.59 Å². The molecule has 0 radical (unpaired) electrons. The van der Waals surface area contributed by atoms with Crippen molar-refractivity contribution >= 4 is 46.0 Å². The minimum absolute atomic E-state index is 0.0340. The molecule has 3 rings (SSSR count). The van der Waals surface area contributed by atoms with Gasteiger partial charge in [0.1, 0.15) is 5.25 Å².